The number of nitrogens with one attached hydrogen (secondary N) is 1. The molecule has 0 atom stereocenters. The van der Waals surface area contributed by atoms with E-state index in [1.165, 1.54) is 4.31 Å². The lowest BCUT2D eigenvalue weighted by Crippen LogP contribution is -2.31. The quantitative estimate of drug-likeness (QED) is 0.185. The van der Waals surface area contributed by atoms with Crippen LogP contribution in [0.3, 0.4) is 0 Å². The Bertz CT molecular complexity index is 1540. The molecule has 4 aromatic carbocycles. The normalized spacial score (nSPS) is 11.4. The van der Waals surface area contributed by atoms with Crippen LogP contribution in [0.15, 0.2) is 112 Å². The lowest BCUT2D eigenvalue weighted by molar-refractivity contribution is 0.0955. The summed E-state index contributed by atoms with van der Waals surface area (Å²) in [5, 5.41) is 4.44. The largest absolute Gasteiger partial charge is 0.271 e. The summed E-state index contributed by atoms with van der Waals surface area (Å²) >= 11 is 9.62. The fourth-order valence-electron chi connectivity index (χ4n) is 3.61. The van der Waals surface area contributed by atoms with Crippen molar-refractivity contribution in [2.75, 3.05) is 4.31 Å². The predicted molar refractivity (Wildman–Crippen MR) is 152 cm³/mol. The van der Waals surface area contributed by atoms with Gasteiger partial charge in [0.15, 0.2) is 0 Å². The van der Waals surface area contributed by atoms with Crippen molar-refractivity contribution in [2.45, 2.75) is 18.4 Å². The van der Waals surface area contributed by atoms with Crippen molar-refractivity contribution >= 4 is 55.4 Å². The first-order chi connectivity index (χ1) is 17.7. The number of hydrazone groups is 1. The molecule has 0 aliphatic rings. The van der Waals surface area contributed by atoms with Crippen molar-refractivity contribution in [3.05, 3.63) is 129 Å². The Kier molecular flexibility index (Phi) is 8.43. The minimum absolute atomic E-state index is 0.0569. The SMILES string of the molecule is Cc1ccc(Cl)cc1N(Cc1ccc(C(=O)N/N=C\c2cccc(Br)c2)cc1)S(=O)(=O)c1ccccc1. The summed E-state index contributed by atoms with van der Waals surface area (Å²) in [6.07, 6.45) is 1.55. The molecule has 9 heteroatoms. The van der Waals surface area contributed by atoms with E-state index in [2.05, 4.69) is 26.5 Å². The molecule has 0 aliphatic heterocycles. The maximum Gasteiger partial charge on any atom is 0.271 e. The summed E-state index contributed by atoms with van der Waals surface area (Å²) in [4.78, 5) is 12.7. The number of halogens is 2. The Morgan fingerprint density at radius 2 is 1.70 bits per heavy atom. The number of carbonyl (C=O) groups excluding carboxylic acids is 1. The Morgan fingerprint density at radius 3 is 2.41 bits per heavy atom. The number of hydrogen-bond acceptors (Lipinski definition) is 4. The molecule has 0 spiro atoms. The topological polar surface area (TPSA) is 78.8 Å². The summed E-state index contributed by atoms with van der Waals surface area (Å²) in [6.45, 7) is 1.89. The molecule has 0 fully saturated rings. The number of benzene rings is 4. The second kappa shape index (κ2) is 11.7. The molecule has 0 aromatic heterocycles. The summed E-state index contributed by atoms with van der Waals surface area (Å²) in [6, 6.07) is 27.6. The first-order valence-corrected chi connectivity index (χ1v) is 13.9. The summed E-state index contributed by atoms with van der Waals surface area (Å²) < 4.78 is 29.5. The third-order valence-electron chi connectivity index (χ3n) is 5.54. The van der Waals surface area contributed by atoms with Gasteiger partial charge in [0.05, 0.1) is 23.3 Å². The average molecular weight is 597 g/mol. The Hall–Kier alpha value is -3.46. The minimum atomic E-state index is -3.89. The van der Waals surface area contributed by atoms with Crippen LogP contribution in [0.4, 0.5) is 5.69 Å². The lowest BCUT2D eigenvalue weighted by atomic mass is 10.1. The van der Waals surface area contributed by atoms with E-state index < -0.39 is 10.0 Å². The summed E-state index contributed by atoms with van der Waals surface area (Å²) in [5.41, 5.74) is 5.69. The molecule has 6 nitrogen and oxygen atoms in total. The fraction of sp³-hybridized carbons (Fsp3) is 0.0714. The van der Waals surface area contributed by atoms with Gasteiger partial charge in [-0.25, -0.2) is 13.8 Å². The van der Waals surface area contributed by atoms with E-state index in [-0.39, 0.29) is 17.3 Å². The number of sulfonamides is 1. The van der Waals surface area contributed by atoms with Crippen molar-refractivity contribution in [3.8, 4) is 0 Å². The molecule has 1 N–H and O–H groups in total. The Balaban J connectivity index is 1.56. The molecule has 188 valence electrons. The van der Waals surface area contributed by atoms with Crippen LogP contribution in [0, 0.1) is 6.92 Å². The second-order valence-electron chi connectivity index (χ2n) is 8.21. The van der Waals surface area contributed by atoms with Gasteiger partial charge >= 0.3 is 0 Å². The van der Waals surface area contributed by atoms with Gasteiger partial charge < -0.3 is 0 Å². The first-order valence-electron chi connectivity index (χ1n) is 11.3. The third-order valence-corrected chi connectivity index (χ3v) is 8.04. The van der Waals surface area contributed by atoms with Crippen molar-refractivity contribution < 1.29 is 13.2 Å². The van der Waals surface area contributed by atoms with Gasteiger partial charge in [0, 0.05) is 15.1 Å². The van der Waals surface area contributed by atoms with Crippen molar-refractivity contribution in [1.82, 2.24) is 5.43 Å². The van der Waals surface area contributed by atoms with Crippen LogP contribution >= 0.6 is 27.5 Å². The highest BCUT2D eigenvalue weighted by molar-refractivity contribution is 9.10. The van der Waals surface area contributed by atoms with E-state index in [0.717, 1.165) is 15.6 Å². The van der Waals surface area contributed by atoms with Crippen LogP contribution in [0.2, 0.25) is 5.02 Å². The van der Waals surface area contributed by atoms with Crippen LogP contribution < -0.4 is 9.73 Å². The first kappa shape index (κ1) is 26.6. The van der Waals surface area contributed by atoms with Gasteiger partial charge in [-0.3, -0.25) is 9.10 Å². The van der Waals surface area contributed by atoms with Crippen LogP contribution in [0.5, 0.6) is 0 Å². The van der Waals surface area contributed by atoms with Crippen LogP contribution in [-0.2, 0) is 16.6 Å². The number of hydrogen-bond donors (Lipinski definition) is 1. The molecule has 0 heterocycles. The standard InChI is InChI=1S/C28H23BrClN3O3S/c1-20-10-15-25(30)17-27(20)33(37(35,36)26-8-3-2-4-9-26)19-21-11-13-23(14-12-21)28(34)32-31-18-22-6-5-7-24(29)16-22/h2-18H,19H2,1H3,(H,32,34)/b31-18-. The number of nitrogens with zero attached hydrogens (tertiary/aromatic N) is 2. The van der Waals surface area contributed by atoms with Crippen molar-refractivity contribution in [3.63, 3.8) is 0 Å². The zero-order valence-electron chi connectivity index (χ0n) is 19.8. The van der Waals surface area contributed by atoms with Crippen LogP contribution in [-0.4, -0.2) is 20.5 Å². The third kappa shape index (κ3) is 6.65. The molecule has 0 saturated carbocycles. The molecule has 4 rings (SSSR count). The van der Waals surface area contributed by atoms with Crippen LogP contribution in [0.25, 0.3) is 0 Å². The van der Waals surface area contributed by atoms with Gasteiger partial charge in [0.25, 0.3) is 15.9 Å². The Labute approximate surface area is 229 Å². The molecule has 4 aromatic rings. The number of rotatable bonds is 8. The molecular formula is C28H23BrClN3O3S. The highest BCUT2D eigenvalue weighted by Crippen LogP contribution is 2.31. The molecular weight excluding hydrogens is 574 g/mol. The molecule has 0 aliphatic carbocycles. The maximum atomic E-state index is 13.6. The van der Waals surface area contributed by atoms with E-state index in [1.54, 1.807) is 79.0 Å². The number of carbonyl (C=O) groups is 1. The van der Waals surface area contributed by atoms with Gasteiger partial charge in [0.1, 0.15) is 0 Å². The monoisotopic (exact) mass is 595 g/mol. The fourth-order valence-corrected chi connectivity index (χ4v) is 5.73. The van der Waals surface area contributed by atoms with E-state index >= 15 is 0 Å². The zero-order chi connectivity index (χ0) is 26.4. The number of aryl methyl sites for hydroxylation is 1. The van der Waals surface area contributed by atoms with E-state index in [0.29, 0.717) is 21.8 Å². The second-order valence-corrected chi connectivity index (χ2v) is 11.4. The molecule has 0 saturated heterocycles. The minimum Gasteiger partial charge on any atom is -0.267 e. The van der Waals surface area contributed by atoms with Crippen molar-refractivity contribution in [1.29, 1.82) is 0 Å². The van der Waals surface area contributed by atoms with Crippen molar-refractivity contribution in [2.24, 2.45) is 5.10 Å². The summed E-state index contributed by atoms with van der Waals surface area (Å²) in [5.74, 6) is -0.378. The number of amides is 1. The van der Waals surface area contributed by atoms with E-state index in [4.69, 9.17) is 11.6 Å². The highest BCUT2D eigenvalue weighted by atomic mass is 79.9. The van der Waals surface area contributed by atoms with E-state index in [1.807, 2.05) is 31.2 Å². The average Bonchev–Trinajstić information content (AvgIpc) is 2.89. The maximum absolute atomic E-state index is 13.6. The molecule has 1 amide bonds. The van der Waals surface area contributed by atoms with Crippen LogP contribution in [0.1, 0.15) is 27.0 Å². The van der Waals surface area contributed by atoms with Gasteiger partial charge in [-0.1, -0.05) is 76.1 Å². The summed E-state index contributed by atoms with van der Waals surface area (Å²) in [7, 11) is -3.89. The lowest BCUT2D eigenvalue weighted by Gasteiger charge is -2.26. The smallest absolute Gasteiger partial charge is 0.267 e. The van der Waals surface area contributed by atoms with Gasteiger partial charge in [-0.15, -0.1) is 0 Å². The zero-order valence-corrected chi connectivity index (χ0v) is 23.0. The van der Waals surface area contributed by atoms with E-state index in [9.17, 15) is 13.2 Å². The Morgan fingerprint density at radius 1 is 0.973 bits per heavy atom. The molecule has 37 heavy (non-hydrogen) atoms. The number of anilines is 1. The van der Waals surface area contributed by atoms with Gasteiger partial charge in [-0.2, -0.15) is 5.10 Å². The molecule has 0 radical (unpaired) electrons. The molecule has 0 bridgehead atoms. The van der Waals surface area contributed by atoms with Gasteiger partial charge in [-0.05, 0) is 72.1 Å². The van der Waals surface area contributed by atoms with Gasteiger partial charge in [0.2, 0.25) is 0 Å². The highest BCUT2D eigenvalue weighted by Gasteiger charge is 2.26. The molecule has 0 unspecified atom stereocenters. The predicted octanol–water partition coefficient (Wildman–Crippen LogP) is 6.57.